The van der Waals surface area contributed by atoms with Crippen molar-refractivity contribution in [2.45, 2.75) is 32.1 Å². The van der Waals surface area contributed by atoms with E-state index in [-0.39, 0.29) is 28.4 Å². The summed E-state index contributed by atoms with van der Waals surface area (Å²) in [6.45, 7) is 9.41. The van der Waals surface area contributed by atoms with E-state index in [0.717, 1.165) is 16.7 Å². The van der Waals surface area contributed by atoms with Crippen molar-refractivity contribution in [3.8, 4) is 17.6 Å². The number of allylic oxidation sites excluding steroid dienone is 1. The molecule has 3 aromatic rings. The molecule has 0 aromatic heterocycles. The fourth-order valence-electron chi connectivity index (χ4n) is 3.57. The molecular weight excluding hydrogens is 488 g/mol. The van der Waals surface area contributed by atoms with E-state index in [1.54, 1.807) is 30.3 Å². The second kappa shape index (κ2) is 11.6. The third-order valence-corrected chi connectivity index (χ3v) is 7.01. The molecule has 7 nitrogen and oxygen atoms in total. The minimum Gasteiger partial charge on any atom is -0.493 e. The average molecular weight is 517 g/mol. The summed E-state index contributed by atoms with van der Waals surface area (Å²) in [4.78, 5) is 12.9. The number of nitrogens with one attached hydrogen (secondary N) is 1. The molecule has 0 aliphatic carbocycles. The van der Waals surface area contributed by atoms with E-state index in [1.807, 2.05) is 39.0 Å². The number of rotatable bonds is 9. The monoisotopic (exact) mass is 516 g/mol. The molecule has 0 atom stereocenters. The third kappa shape index (κ3) is 6.46. The normalized spacial score (nSPS) is 11.4. The summed E-state index contributed by atoms with van der Waals surface area (Å²) in [7, 11) is -2.77. The fraction of sp³-hybridized carbons (Fsp3) is 0.172. The van der Waals surface area contributed by atoms with E-state index in [9.17, 15) is 18.5 Å². The Balaban J connectivity index is 2.00. The van der Waals surface area contributed by atoms with Crippen molar-refractivity contribution >= 4 is 27.8 Å². The topological polar surface area (TPSA) is 105 Å². The highest BCUT2D eigenvalue weighted by molar-refractivity contribution is 7.87. The highest BCUT2D eigenvalue weighted by Gasteiger charge is 2.22. The Labute approximate surface area is 217 Å². The zero-order valence-electron chi connectivity index (χ0n) is 21.2. The van der Waals surface area contributed by atoms with Gasteiger partial charge >= 0.3 is 10.1 Å². The van der Waals surface area contributed by atoms with Gasteiger partial charge in [0, 0.05) is 11.3 Å². The number of anilines is 1. The highest BCUT2D eigenvalue weighted by atomic mass is 32.2. The lowest BCUT2D eigenvalue weighted by Crippen LogP contribution is -2.14. The summed E-state index contributed by atoms with van der Waals surface area (Å²) in [5, 5.41) is 12.5. The van der Waals surface area contributed by atoms with Crippen molar-refractivity contribution in [1.29, 1.82) is 5.26 Å². The second-order valence-corrected chi connectivity index (χ2v) is 9.97. The molecule has 3 aromatic carbocycles. The van der Waals surface area contributed by atoms with Crippen LogP contribution in [-0.4, -0.2) is 21.4 Å². The second-order valence-electron chi connectivity index (χ2n) is 8.43. The highest BCUT2D eigenvalue weighted by Crippen LogP contribution is 2.36. The van der Waals surface area contributed by atoms with Crippen LogP contribution >= 0.6 is 0 Å². The summed E-state index contributed by atoms with van der Waals surface area (Å²) >= 11 is 0. The number of ether oxygens (including phenoxy) is 1. The van der Waals surface area contributed by atoms with Gasteiger partial charge in [0.15, 0.2) is 11.5 Å². The van der Waals surface area contributed by atoms with E-state index in [2.05, 4.69) is 11.9 Å². The van der Waals surface area contributed by atoms with Gasteiger partial charge < -0.3 is 14.2 Å². The number of amides is 1. The lowest BCUT2D eigenvalue weighted by molar-refractivity contribution is -0.112. The lowest BCUT2D eigenvalue weighted by Gasteiger charge is -2.16. The lowest BCUT2D eigenvalue weighted by atomic mass is 10.0. The van der Waals surface area contributed by atoms with Crippen LogP contribution in [0.2, 0.25) is 0 Å². The van der Waals surface area contributed by atoms with Crippen LogP contribution in [0.15, 0.2) is 77.7 Å². The zero-order chi connectivity index (χ0) is 27.2. The van der Waals surface area contributed by atoms with Crippen molar-refractivity contribution in [3.05, 3.63) is 101 Å². The van der Waals surface area contributed by atoms with E-state index < -0.39 is 16.0 Å². The summed E-state index contributed by atoms with van der Waals surface area (Å²) in [5.74, 6) is -0.422. The predicted octanol–water partition coefficient (Wildman–Crippen LogP) is 5.66. The summed E-state index contributed by atoms with van der Waals surface area (Å²) < 4.78 is 36.8. The van der Waals surface area contributed by atoms with Crippen molar-refractivity contribution < 1.29 is 22.1 Å². The largest absolute Gasteiger partial charge is 0.493 e. The number of hydrogen-bond acceptors (Lipinski definition) is 6. The Bertz CT molecular complexity index is 1520. The van der Waals surface area contributed by atoms with Crippen LogP contribution in [0.4, 0.5) is 5.69 Å². The Morgan fingerprint density at radius 1 is 1.11 bits per heavy atom. The van der Waals surface area contributed by atoms with E-state index >= 15 is 0 Å². The maximum atomic E-state index is 12.9. The number of nitrogens with zero attached hydrogens (tertiary/aromatic N) is 1. The summed E-state index contributed by atoms with van der Waals surface area (Å²) in [6, 6.07) is 16.9. The van der Waals surface area contributed by atoms with Gasteiger partial charge in [0.2, 0.25) is 0 Å². The molecule has 3 rings (SSSR count). The molecule has 0 unspecified atom stereocenters. The summed E-state index contributed by atoms with van der Waals surface area (Å²) in [6.07, 6.45) is 3.26. The maximum Gasteiger partial charge on any atom is 0.339 e. The standard InChI is InChI=1S/C29H28N2O5S/c1-6-8-23-15-22(16-24(18-30)29(32)31-26-10-7-9-20(3)21(26)4)17-27(35-5)28(23)36-37(33,34)25-13-11-19(2)12-14-25/h6-7,9-17H,1,8H2,2-5H3,(H,31,32)/b24-16+. The van der Waals surface area contributed by atoms with Gasteiger partial charge in [0.25, 0.3) is 5.91 Å². The van der Waals surface area contributed by atoms with Crippen molar-refractivity contribution in [3.63, 3.8) is 0 Å². The molecule has 0 aliphatic heterocycles. The van der Waals surface area contributed by atoms with Gasteiger partial charge in [-0.15, -0.1) is 6.58 Å². The molecule has 190 valence electrons. The molecule has 37 heavy (non-hydrogen) atoms. The summed E-state index contributed by atoms with van der Waals surface area (Å²) in [5.41, 5.74) is 4.23. The van der Waals surface area contributed by atoms with Crippen LogP contribution in [0.5, 0.6) is 11.5 Å². The molecule has 1 amide bonds. The van der Waals surface area contributed by atoms with Crippen molar-refractivity contribution in [1.82, 2.24) is 0 Å². The molecule has 0 aliphatic rings. The Morgan fingerprint density at radius 2 is 1.81 bits per heavy atom. The van der Waals surface area contributed by atoms with Crippen LogP contribution in [0.1, 0.15) is 27.8 Å². The van der Waals surface area contributed by atoms with Gasteiger partial charge in [-0.3, -0.25) is 4.79 Å². The van der Waals surface area contributed by atoms with Crippen LogP contribution in [0, 0.1) is 32.1 Å². The van der Waals surface area contributed by atoms with E-state index in [4.69, 9.17) is 8.92 Å². The molecule has 0 saturated carbocycles. The molecule has 8 heteroatoms. The van der Waals surface area contributed by atoms with Gasteiger partial charge in [-0.2, -0.15) is 13.7 Å². The minimum absolute atomic E-state index is 0.00329. The fourth-order valence-corrected chi connectivity index (χ4v) is 4.55. The van der Waals surface area contributed by atoms with Crippen LogP contribution in [0.25, 0.3) is 6.08 Å². The first-order chi connectivity index (χ1) is 17.6. The average Bonchev–Trinajstić information content (AvgIpc) is 2.86. The molecular formula is C29H28N2O5S. The number of hydrogen-bond donors (Lipinski definition) is 1. The van der Waals surface area contributed by atoms with Gasteiger partial charge in [-0.05, 0) is 80.3 Å². The van der Waals surface area contributed by atoms with E-state index in [1.165, 1.54) is 31.4 Å². The smallest absolute Gasteiger partial charge is 0.339 e. The number of carbonyl (C=O) groups is 1. The van der Waals surface area contributed by atoms with E-state index in [0.29, 0.717) is 16.8 Å². The molecule has 0 heterocycles. The Hall–Kier alpha value is -4.35. The van der Waals surface area contributed by atoms with Gasteiger partial charge in [0.05, 0.1) is 7.11 Å². The molecule has 0 spiro atoms. The Kier molecular flexibility index (Phi) is 8.53. The zero-order valence-corrected chi connectivity index (χ0v) is 22.0. The van der Waals surface area contributed by atoms with Crippen LogP contribution in [0.3, 0.4) is 0 Å². The van der Waals surface area contributed by atoms with Crippen molar-refractivity contribution in [2.24, 2.45) is 0 Å². The molecule has 0 bridgehead atoms. The molecule has 0 saturated heterocycles. The number of aryl methyl sites for hydroxylation is 2. The first-order valence-corrected chi connectivity index (χ1v) is 12.8. The first kappa shape index (κ1) is 27.2. The first-order valence-electron chi connectivity index (χ1n) is 11.4. The Morgan fingerprint density at radius 3 is 2.43 bits per heavy atom. The van der Waals surface area contributed by atoms with Crippen LogP contribution in [-0.2, 0) is 21.3 Å². The number of nitriles is 1. The third-order valence-electron chi connectivity index (χ3n) is 5.77. The SMILES string of the molecule is C=CCc1cc(/C=C(\C#N)C(=O)Nc2cccc(C)c2C)cc(OC)c1OS(=O)(=O)c1ccc(C)cc1. The van der Waals surface area contributed by atoms with Gasteiger partial charge in [-0.1, -0.05) is 35.9 Å². The number of methoxy groups -OCH3 is 1. The van der Waals surface area contributed by atoms with Crippen LogP contribution < -0.4 is 14.2 Å². The quantitative estimate of drug-likeness (QED) is 0.170. The molecule has 1 N–H and O–H groups in total. The predicted molar refractivity (Wildman–Crippen MR) is 144 cm³/mol. The number of benzene rings is 3. The maximum absolute atomic E-state index is 12.9. The van der Waals surface area contributed by atoms with Crippen molar-refractivity contribution in [2.75, 3.05) is 12.4 Å². The molecule has 0 radical (unpaired) electrons. The molecule has 0 fully saturated rings. The number of carbonyl (C=O) groups excluding carboxylic acids is 1. The van der Waals surface area contributed by atoms with Gasteiger partial charge in [-0.25, -0.2) is 0 Å². The minimum atomic E-state index is -4.15. The van der Waals surface area contributed by atoms with Gasteiger partial charge in [0.1, 0.15) is 16.5 Å².